The molecule has 0 aliphatic carbocycles. The van der Waals surface area contributed by atoms with E-state index in [1.165, 1.54) is 51.6 Å². The van der Waals surface area contributed by atoms with Gasteiger partial charge in [0.15, 0.2) is 11.5 Å². The summed E-state index contributed by atoms with van der Waals surface area (Å²) in [5, 5.41) is 9.30. The Morgan fingerprint density at radius 3 is 2.89 bits per heavy atom. The number of piperidine rings is 1. The van der Waals surface area contributed by atoms with Gasteiger partial charge in [-0.3, -0.25) is 5.43 Å². The van der Waals surface area contributed by atoms with Crippen molar-refractivity contribution >= 4 is 17.5 Å². The Hall–Kier alpha value is -2.62. The van der Waals surface area contributed by atoms with E-state index in [0.717, 1.165) is 49.1 Å². The van der Waals surface area contributed by atoms with Gasteiger partial charge in [-0.05, 0) is 69.8 Å². The van der Waals surface area contributed by atoms with Crippen molar-refractivity contribution in [1.82, 2.24) is 25.3 Å². The van der Waals surface area contributed by atoms with Crippen LogP contribution in [-0.4, -0.2) is 78.4 Å². The number of rotatable bonds is 11. The van der Waals surface area contributed by atoms with Crippen molar-refractivity contribution in [2.45, 2.75) is 57.0 Å². The van der Waals surface area contributed by atoms with E-state index in [9.17, 15) is 0 Å². The van der Waals surface area contributed by atoms with E-state index in [1.807, 2.05) is 24.3 Å². The molecule has 2 aromatic rings. The molecular formula is C26H39N7O2. The highest BCUT2D eigenvalue weighted by molar-refractivity contribution is 5.60. The van der Waals surface area contributed by atoms with Gasteiger partial charge in [-0.25, -0.2) is 9.99 Å². The van der Waals surface area contributed by atoms with Gasteiger partial charge < -0.3 is 25.0 Å². The molecular weight excluding hydrogens is 442 g/mol. The largest absolute Gasteiger partial charge is 0.493 e. The number of methoxy groups -OCH3 is 1. The summed E-state index contributed by atoms with van der Waals surface area (Å²) < 4.78 is 11.6. The molecule has 3 aliphatic rings. The van der Waals surface area contributed by atoms with Gasteiger partial charge in [0.05, 0.1) is 13.7 Å². The van der Waals surface area contributed by atoms with Crippen molar-refractivity contribution in [3.63, 3.8) is 0 Å². The van der Waals surface area contributed by atoms with Crippen molar-refractivity contribution < 1.29 is 9.47 Å². The summed E-state index contributed by atoms with van der Waals surface area (Å²) >= 11 is 0. The predicted molar refractivity (Wildman–Crippen MR) is 138 cm³/mol. The summed E-state index contributed by atoms with van der Waals surface area (Å²) in [4.78, 5) is 11.6. The maximum absolute atomic E-state index is 6.07. The van der Waals surface area contributed by atoms with Crippen LogP contribution in [0.3, 0.4) is 0 Å². The molecule has 1 aromatic heterocycles. The molecule has 0 radical (unpaired) electrons. The Morgan fingerprint density at radius 1 is 1.09 bits per heavy atom. The van der Waals surface area contributed by atoms with Crippen molar-refractivity contribution in [3.05, 3.63) is 30.5 Å². The van der Waals surface area contributed by atoms with Gasteiger partial charge in [0.1, 0.15) is 5.82 Å². The number of likely N-dealkylation sites (tertiary alicyclic amines) is 1. The molecule has 0 spiro atoms. The van der Waals surface area contributed by atoms with E-state index in [0.29, 0.717) is 24.6 Å². The summed E-state index contributed by atoms with van der Waals surface area (Å²) in [5.74, 6) is 2.85. The van der Waals surface area contributed by atoms with Gasteiger partial charge >= 0.3 is 0 Å². The lowest BCUT2D eigenvalue weighted by molar-refractivity contribution is 0.0822. The number of hydrazine groups is 1. The van der Waals surface area contributed by atoms with E-state index in [2.05, 4.69) is 35.9 Å². The first-order chi connectivity index (χ1) is 17.3. The van der Waals surface area contributed by atoms with E-state index < -0.39 is 0 Å². The average molecular weight is 482 g/mol. The number of hydrogen-bond donors (Lipinski definition) is 3. The van der Waals surface area contributed by atoms with E-state index in [-0.39, 0.29) is 0 Å². The molecule has 5 rings (SSSR count). The second-order valence-electron chi connectivity index (χ2n) is 9.73. The average Bonchev–Trinajstić information content (AvgIpc) is 3.58. The highest BCUT2D eigenvalue weighted by Gasteiger charge is 2.33. The second kappa shape index (κ2) is 11.9. The van der Waals surface area contributed by atoms with Crippen molar-refractivity contribution in [2.24, 2.45) is 0 Å². The van der Waals surface area contributed by atoms with Crippen LogP contribution < -0.4 is 25.5 Å². The zero-order valence-corrected chi connectivity index (χ0v) is 20.8. The monoisotopic (exact) mass is 481 g/mol. The maximum atomic E-state index is 6.07. The predicted octanol–water partition coefficient (Wildman–Crippen LogP) is 3.64. The first-order valence-electron chi connectivity index (χ1n) is 13.2. The Labute approximate surface area is 208 Å². The molecule has 3 saturated heterocycles. The lowest BCUT2D eigenvalue weighted by Crippen LogP contribution is -2.51. The maximum Gasteiger partial charge on any atom is 0.229 e. The van der Waals surface area contributed by atoms with Gasteiger partial charge in [-0.1, -0.05) is 6.42 Å². The first kappa shape index (κ1) is 24.1. The Balaban J connectivity index is 1.15. The van der Waals surface area contributed by atoms with Crippen molar-refractivity contribution in [2.75, 3.05) is 57.1 Å². The minimum Gasteiger partial charge on any atom is -0.493 e. The molecule has 35 heavy (non-hydrogen) atoms. The fourth-order valence-electron chi connectivity index (χ4n) is 5.48. The Bertz CT molecular complexity index is 953. The Morgan fingerprint density at radius 2 is 2.00 bits per heavy atom. The van der Waals surface area contributed by atoms with Crippen LogP contribution in [0, 0.1) is 0 Å². The van der Waals surface area contributed by atoms with Crippen LogP contribution in [0.15, 0.2) is 30.5 Å². The quantitative estimate of drug-likeness (QED) is 0.417. The van der Waals surface area contributed by atoms with Gasteiger partial charge in [0.25, 0.3) is 0 Å². The standard InChI is InChI=1S/C26H39N7O2/c1-34-23-9-8-20(18-24(23)35-17-5-16-32-14-2-3-15-32)30-26-27-12-11-25(31-26)28-19-22-7-4-6-21-10-13-29-33(21)22/h8-9,11-12,18,21-22,29H,2-7,10,13-17,19H2,1H3,(H2,27,28,30,31). The minimum absolute atomic E-state index is 0.495. The molecule has 0 bridgehead atoms. The van der Waals surface area contributed by atoms with Crippen LogP contribution in [0.5, 0.6) is 11.5 Å². The molecule has 4 heterocycles. The van der Waals surface area contributed by atoms with Gasteiger partial charge in [-0.2, -0.15) is 4.98 Å². The third-order valence-electron chi connectivity index (χ3n) is 7.30. The normalized spacial score (nSPS) is 22.7. The molecule has 1 aromatic carbocycles. The molecule has 3 N–H and O–H groups in total. The minimum atomic E-state index is 0.495. The number of nitrogens with one attached hydrogen (secondary N) is 3. The highest BCUT2D eigenvalue weighted by Crippen LogP contribution is 2.31. The summed E-state index contributed by atoms with van der Waals surface area (Å²) in [6.07, 6.45) is 10.5. The number of fused-ring (bicyclic) bond motifs is 1. The second-order valence-corrected chi connectivity index (χ2v) is 9.73. The van der Waals surface area contributed by atoms with E-state index in [4.69, 9.17) is 9.47 Å². The van der Waals surface area contributed by atoms with Crippen molar-refractivity contribution in [3.8, 4) is 11.5 Å². The molecule has 0 saturated carbocycles. The Kier molecular flexibility index (Phi) is 8.18. The summed E-state index contributed by atoms with van der Waals surface area (Å²) in [7, 11) is 1.67. The van der Waals surface area contributed by atoms with E-state index in [1.54, 1.807) is 13.3 Å². The molecule has 3 aliphatic heterocycles. The van der Waals surface area contributed by atoms with Gasteiger partial charge in [0.2, 0.25) is 5.95 Å². The third-order valence-corrected chi connectivity index (χ3v) is 7.30. The van der Waals surface area contributed by atoms with Crippen LogP contribution in [-0.2, 0) is 0 Å². The summed E-state index contributed by atoms with van der Waals surface area (Å²) in [6.45, 7) is 6.15. The SMILES string of the molecule is COc1ccc(Nc2nccc(NCC3CCCC4CCNN43)n2)cc1OCCCN1CCCC1. The number of nitrogens with zero attached hydrogens (tertiary/aromatic N) is 4. The number of aromatic nitrogens is 2. The topological polar surface area (TPSA) is 86.8 Å². The number of anilines is 3. The van der Waals surface area contributed by atoms with E-state index >= 15 is 0 Å². The van der Waals surface area contributed by atoms with Crippen molar-refractivity contribution in [1.29, 1.82) is 0 Å². The van der Waals surface area contributed by atoms with Crippen LogP contribution in [0.25, 0.3) is 0 Å². The van der Waals surface area contributed by atoms with Gasteiger partial charge in [0, 0.05) is 49.7 Å². The number of benzene rings is 1. The molecule has 9 nitrogen and oxygen atoms in total. The molecule has 0 amide bonds. The molecule has 9 heteroatoms. The highest BCUT2D eigenvalue weighted by atomic mass is 16.5. The molecule has 3 fully saturated rings. The summed E-state index contributed by atoms with van der Waals surface area (Å²) in [6, 6.07) is 8.94. The fraction of sp³-hybridized carbons (Fsp3) is 0.615. The fourth-order valence-corrected chi connectivity index (χ4v) is 5.48. The smallest absolute Gasteiger partial charge is 0.229 e. The van der Waals surface area contributed by atoms with Crippen LogP contribution >= 0.6 is 0 Å². The molecule has 2 unspecified atom stereocenters. The number of ether oxygens (including phenoxy) is 2. The molecule has 2 atom stereocenters. The van der Waals surface area contributed by atoms with Crippen LogP contribution in [0.4, 0.5) is 17.5 Å². The lowest BCUT2D eigenvalue weighted by Gasteiger charge is -2.37. The zero-order chi connectivity index (χ0) is 23.9. The lowest BCUT2D eigenvalue weighted by atomic mass is 9.97. The van der Waals surface area contributed by atoms with Crippen LogP contribution in [0.2, 0.25) is 0 Å². The van der Waals surface area contributed by atoms with Crippen LogP contribution in [0.1, 0.15) is 44.9 Å². The third kappa shape index (κ3) is 6.34. The molecule has 190 valence electrons. The summed E-state index contributed by atoms with van der Waals surface area (Å²) in [5.41, 5.74) is 4.43. The number of hydrogen-bond acceptors (Lipinski definition) is 9. The first-order valence-corrected chi connectivity index (χ1v) is 13.2. The zero-order valence-electron chi connectivity index (χ0n) is 20.8. The van der Waals surface area contributed by atoms with Gasteiger partial charge in [-0.15, -0.1) is 0 Å².